The maximum absolute atomic E-state index is 16.2. The minimum absolute atomic E-state index is 0.00698. The summed E-state index contributed by atoms with van der Waals surface area (Å²) in [6, 6.07) is 19.9. The molecule has 9 heteroatoms. The van der Waals surface area contributed by atoms with Gasteiger partial charge in [-0.05, 0) is 100 Å². The highest BCUT2D eigenvalue weighted by molar-refractivity contribution is 5.76. The fourth-order valence-electron chi connectivity index (χ4n) is 4.90. The summed E-state index contributed by atoms with van der Waals surface area (Å²) in [7, 11) is 0. The molecule has 7 nitrogen and oxygen atoms in total. The van der Waals surface area contributed by atoms with E-state index in [0.29, 0.717) is 16.9 Å². The van der Waals surface area contributed by atoms with Gasteiger partial charge in [-0.25, -0.2) is 13.6 Å². The highest BCUT2D eigenvalue weighted by atomic mass is 19.1. The van der Waals surface area contributed by atoms with E-state index in [0.717, 1.165) is 16.7 Å². The number of amides is 1. The Morgan fingerprint density at radius 2 is 1.54 bits per heavy atom. The number of para-hydroxylation sites is 1. The number of esters is 1. The zero-order chi connectivity index (χ0) is 34.9. The van der Waals surface area contributed by atoms with Gasteiger partial charge in [0.2, 0.25) is 0 Å². The minimum atomic E-state index is -1.25. The molecule has 0 spiro atoms. The molecule has 1 heterocycles. The Morgan fingerprint density at radius 1 is 0.854 bits per heavy atom. The van der Waals surface area contributed by atoms with E-state index in [4.69, 9.17) is 14.2 Å². The van der Waals surface area contributed by atoms with Crippen molar-refractivity contribution >= 4 is 24.2 Å². The van der Waals surface area contributed by atoms with Crippen LogP contribution in [-0.2, 0) is 27.3 Å². The van der Waals surface area contributed by atoms with Crippen molar-refractivity contribution in [3.63, 3.8) is 0 Å². The van der Waals surface area contributed by atoms with Crippen molar-refractivity contribution in [2.75, 3.05) is 6.67 Å². The highest BCUT2D eigenvalue weighted by Gasteiger charge is 2.24. The number of ether oxygens (including phenoxy) is 3. The number of alkyl halides is 1. The van der Waals surface area contributed by atoms with Crippen LogP contribution < -0.4 is 10.1 Å². The molecule has 4 rings (SSSR count). The lowest BCUT2D eigenvalue weighted by atomic mass is 9.95. The Hall–Kier alpha value is -5.05. The molecule has 0 radical (unpaired) electrons. The Balaban J connectivity index is 1.67. The largest absolute Gasteiger partial charge is 0.489 e. The van der Waals surface area contributed by atoms with Crippen LogP contribution in [0.15, 0.2) is 85.2 Å². The van der Waals surface area contributed by atoms with Crippen LogP contribution in [0.2, 0.25) is 0 Å². The van der Waals surface area contributed by atoms with Crippen molar-refractivity contribution in [1.82, 2.24) is 10.3 Å². The van der Waals surface area contributed by atoms with Crippen LogP contribution in [0.3, 0.4) is 0 Å². The van der Waals surface area contributed by atoms with E-state index in [1.165, 1.54) is 6.07 Å². The second-order valence-electron chi connectivity index (χ2n) is 13.3. The summed E-state index contributed by atoms with van der Waals surface area (Å²) in [5, 5.41) is 2.44. The molecular weight excluding hydrogens is 614 g/mol. The van der Waals surface area contributed by atoms with Crippen molar-refractivity contribution in [1.29, 1.82) is 0 Å². The van der Waals surface area contributed by atoms with Gasteiger partial charge in [-0.1, -0.05) is 48.6 Å². The third-order valence-corrected chi connectivity index (χ3v) is 6.87. The Labute approximate surface area is 281 Å². The van der Waals surface area contributed by atoms with Crippen LogP contribution >= 0.6 is 0 Å². The van der Waals surface area contributed by atoms with Gasteiger partial charge in [-0.2, -0.15) is 0 Å². The monoisotopic (exact) mass is 656 g/mol. The van der Waals surface area contributed by atoms with E-state index in [9.17, 15) is 14.0 Å². The van der Waals surface area contributed by atoms with E-state index in [-0.39, 0.29) is 30.1 Å². The summed E-state index contributed by atoms with van der Waals surface area (Å²) in [5.41, 5.74) is 2.43. The number of carbonyl (C=O) groups excluding carboxylic acids is 2. The van der Waals surface area contributed by atoms with Gasteiger partial charge in [0.05, 0.1) is 12.5 Å². The van der Waals surface area contributed by atoms with E-state index in [1.807, 2.05) is 75.4 Å². The summed E-state index contributed by atoms with van der Waals surface area (Å²) in [5.74, 6) is -0.511. The predicted molar refractivity (Wildman–Crippen MR) is 183 cm³/mol. The van der Waals surface area contributed by atoms with E-state index >= 15 is 4.39 Å². The first-order valence-corrected chi connectivity index (χ1v) is 15.7. The van der Waals surface area contributed by atoms with Gasteiger partial charge in [0, 0.05) is 29.1 Å². The number of hydrogen-bond acceptors (Lipinski definition) is 6. The zero-order valence-corrected chi connectivity index (χ0v) is 28.2. The summed E-state index contributed by atoms with van der Waals surface area (Å²) in [6.07, 6.45) is 6.39. The fourth-order valence-corrected chi connectivity index (χ4v) is 4.90. The van der Waals surface area contributed by atoms with Crippen LogP contribution in [0.25, 0.3) is 23.3 Å². The average Bonchev–Trinajstić information content (AvgIpc) is 3.01. The number of halogens is 2. The maximum atomic E-state index is 16.2. The first-order valence-electron chi connectivity index (χ1n) is 15.7. The van der Waals surface area contributed by atoms with E-state index in [1.54, 1.807) is 57.4 Å². The molecule has 1 amide bonds. The molecule has 252 valence electrons. The molecule has 1 unspecified atom stereocenters. The summed E-state index contributed by atoms with van der Waals surface area (Å²) < 4.78 is 47.4. The molecule has 0 aliphatic carbocycles. The first-order chi connectivity index (χ1) is 22.7. The van der Waals surface area contributed by atoms with Crippen molar-refractivity contribution < 1.29 is 32.6 Å². The number of pyridine rings is 1. The van der Waals surface area contributed by atoms with Crippen molar-refractivity contribution in [2.24, 2.45) is 0 Å². The normalized spacial score (nSPS) is 12.4. The van der Waals surface area contributed by atoms with E-state index in [2.05, 4.69) is 10.3 Å². The summed E-state index contributed by atoms with van der Waals surface area (Å²) in [6.45, 7) is 9.60. The van der Waals surface area contributed by atoms with E-state index < -0.39 is 35.8 Å². The number of benzene rings is 3. The van der Waals surface area contributed by atoms with Gasteiger partial charge < -0.3 is 19.5 Å². The van der Waals surface area contributed by atoms with Gasteiger partial charge in [0.25, 0.3) is 0 Å². The van der Waals surface area contributed by atoms with Crippen molar-refractivity contribution in [3.8, 4) is 16.9 Å². The van der Waals surface area contributed by atoms with Gasteiger partial charge in [-0.3, -0.25) is 9.78 Å². The van der Waals surface area contributed by atoms with Crippen molar-refractivity contribution in [2.45, 2.75) is 71.8 Å². The van der Waals surface area contributed by atoms with Crippen LogP contribution in [0.4, 0.5) is 13.6 Å². The molecule has 1 atom stereocenters. The van der Waals surface area contributed by atoms with Crippen LogP contribution in [0.1, 0.15) is 75.4 Å². The first kappa shape index (κ1) is 35.8. The molecule has 3 aromatic carbocycles. The number of aromatic nitrogens is 1. The Kier molecular flexibility index (Phi) is 11.7. The quantitative estimate of drug-likeness (QED) is 0.162. The predicted octanol–water partition coefficient (Wildman–Crippen LogP) is 9.06. The summed E-state index contributed by atoms with van der Waals surface area (Å²) in [4.78, 5) is 29.0. The lowest BCUT2D eigenvalue weighted by Crippen LogP contribution is -2.36. The molecule has 0 aliphatic rings. The number of nitrogens with one attached hydrogen (secondary N) is 1. The average molecular weight is 657 g/mol. The molecule has 0 aliphatic heterocycles. The van der Waals surface area contributed by atoms with Crippen molar-refractivity contribution in [3.05, 3.63) is 119 Å². The second kappa shape index (κ2) is 15.7. The minimum Gasteiger partial charge on any atom is -0.489 e. The number of nitrogens with zero attached hydrogens (tertiary/aromatic N) is 1. The SMILES string of the molecule is CC(C)(C)OC(=O)Cc1ccccc1OCc1cc(/C=C/c2ccncc2)cc(-c2cccc(C(CF)NC(=O)OC(C)(C)C)c2F)c1. The lowest BCUT2D eigenvalue weighted by molar-refractivity contribution is -0.153. The molecule has 0 fully saturated rings. The number of carbonyl (C=O) groups is 2. The molecule has 48 heavy (non-hydrogen) atoms. The van der Waals surface area contributed by atoms with Gasteiger partial charge in [-0.15, -0.1) is 0 Å². The second-order valence-corrected chi connectivity index (χ2v) is 13.3. The molecule has 0 saturated carbocycles. The zero-order valence-electron chi connectivity index (χ0n) is 28.2. The number of hydrogen-bond donors (Lipinski definition) is 1. The summed E-state index contributed by atoms with van der Waals surface area (Å²) >= 11 is 0. The third kappa shape index (κ3) is 10.8. The Morgan fingerprint density at radius 3 is 2.23 bits per heavy atom. The standard InChI is InChI=1S/C39H42F2N2O5/c1-38(2,3)47-35(44)23-29-10-7-8-13-34(29)46-25-28-20-27(15-14-26-16-18-42-19-17-26)21-30(22-28)31-11-9-12-32(36(31)41)33(24-40)43-37(45)48-39(4,5)6/h7-22,33H,23-25H2,1-6H3,(H,43,45)/b15-14+. The molecule has 4 aromatic rings. The third-order valence-electron chi connectivity index (χ3n) is 6.87. The molecule has 1 aromatic heterocycles. The fraction of sp³-hybridized carbons (Fsp3) is 0.308. The molecule has 1 N–H and O–H groups in total. The van der Waals surface area contributed by atoms with Crippen LogP contribution in [0.5, 0.6) is 5.75 Å². The smallest absolute Gasteiger partial charge is 0.408 e. The van der Waals surface area contributed by atoms with Gasteiger partial charge >= 0.3 is 12.1 Å². The molecule has 0 saturated heterocycles. The molecular formula is C39H42F2N2O5. The highest BCUT2D eigenvalue weighted by Crippen LogP contribution is 2.31. The maximum Gasteiger partial charge on any atom is 0.408 e. The van der Waals surface area contributed by atoms with Crippen LogP contribution in [-0.4, -0.2) is 34.9 Å². The number of rotatable bonds is 11. The van der Waals surface area contributed by atoms with Crippen LogP contribution in [0, 0.1) is 5.82 Å². The lowest BCUT2D eigenvalue weighted by Gasteiger charge is -2.23. The molecule has 0 bridgehead atoms. The Bertz CT molecular complexity index is 1740. The number of alkyl carbamates (subject to hydrolysis) is 1. The van der Waals surface area contributed by atoms with Gasteiger partial charge in [0.15, 0.2) is 0 Å². The van der Waals surface area contributed by atoms with Gasteiger partial charge in [0.1, 0.15) is 36.1 Å². The topological polar surface area (TPSA) is 86.8 Å².